The lowest BCUT2D eigenvalue weighted by molar-refractivity contribution is -0.127. The number of nitrogens with zero attached hydrogens (tertiary/aromatic N) is 2. The zero-order valence-electron chi connectivity index (χ0n) is 15.8. The molecule has 0 aliphatic carbocycles. The van der Waals surface area contributed by atoms with Gasteiger partial charge in [0.25, 0.3) is 5.91 Å². The second kappa shape index (κ2) is 9.08. The molecule has 1 N–H and O–H groups in total. The van der Waals surface area contributed by atoms with Crippen LogP contribution in [0.15, 0.2) is 33.7 Å². The van der Waals surface area contributed by atoms with Gasteiger partial charge in [0.1, 0.15) is 5.76 Å². The van der Waals surface area contributed by atoms with Gasteiger partial charge in [0, 0.05) is 42.3 Å². The topological polar surface area (TPSA) is 75.4 Å². The molecule has 1 aromatic heterocycles. The number of aryl methyl sites for hydroxylation is 2. The Labute approximate surface area is 163 Å². The summed E-state index contributed by atoms with van der Waals surface area (Å²) in [7, 11) is 0. The average Bonchev–Trinajstić information content (AvgIpc) is 3.22. The van der Waals surface area contributed by atoms with Crippen LogP contribution >= 0.6 is 11.8 Å². The summed E-state index contributed by atoms with van der Waals surface area (Å²) in [6.07, 6.45) is 2.37. The van der Waals surface area contributed by atoms with Crippen molar-refractivity contribution in [1.29, 1.82) is 0 Å². The Hall–Kier alpha value is -2.28. The maximum atomic E-state index is 12.6. The van der Waals surface area contributed by atoms with Crippen LogP contribution in [0.3, 0.4) is 0 Å². The number of rotatable bonds is 8. The molecule has 1 aliphatic heterocycles. The van der Waals surface area contributed by atoms with E-state index in [0.717, 1.165) is 41.3 Å². The highest BCUT2D eigenvalue weighted by molar-refractivity contribution is 7.98. The summed E-state index contributed by atoms with van der Waals surface area (Å²) in [6.45, 7) is 5.94. The molecule has 1 saturated heterocycles. The molecule has 1 aliphatic rings. The summed E-state index contributed by atoms with van der Waals surface area (Å²) in [5, 5.41) is 6.95. The van der Waals surface area contributed by atoms with E-state index in [1.54, 1.807) is 11.8 Å². The highest BCUT2D eigenvalue weighted by atomic mass is 32.2. The van der Waals surface area contributed by atoms with Gasteiger partial charge in [-0.3, -0.25) is 9.59 Å². The Morgan fingerprint density at radius 1 is 1.33 bits per heavy atom. The number of hydrogen-bond donors (Lipinski definition) is 1. The van der Waals surface area contributed by atoms with Gasteiger partial charge in [-0.1, -0.05) is 17.3 Å². The smallest absolute Gasteiger partial charge is 0.252 e. The van der Waals surface area contributed by atoms with E-state index in [1.807, 2.05) is 43.0 Å². The maximum Gasteiger partial charge on any atom is 0.252 e. The van der Waals surface area contributed by atoms with Crippen molar-refractivity contribution in [3.63, 3.8) is 0 Å². The van der Waals surface area contributed by atoms with Crippen LogP contribution in [0.4, 0.5) is 0 Å². The number of amides is 2. The fourth-order valence-corrected chi connectivity index (χ4v) is 4.35. The molecule has 0 bridgehead atoms. The van der Waals surface area contributed by atoms with Gasteiger partial charge < -0.3 is 14.7 Å². The summed E-state index contributed by atoms with van der Waals surface area (Å²) >= 11 is 1.61. The van der Waals surface area contributed by atoms with E-state index in [2.05, 4.69) is 10.5 Å². The molecule has 2 amide bonds. The molecule has 2 aromatic rings. The summed E-state index contributed by atoms with van der Waals surface area (Å²) in [4.78, 5) is 27.0. The zero-order valence-corrected chi connectivity index (χ0v) is 16.6. The van der Waals surface area contributed by atoms with E-state index in [4.69, 9.17) is 4.52 Å². The molecule has 144 valence electrons. The first-order valence-corrected chi connectivity index (χ1v) is 10.2. The van der Waals surface area contributed by atoms with Gasteiger partial charge in [0.15, 0.2) is 0 Å². The fourth-order valence-electron chi connectivity index (χ4n) is 3.15. The largest absolute Gasteiger partial charge is 0.361 e. The van der Waals surface area contributed by atoms with E-state index in [1.165, 1.54) is 0 Å². The minimum absolute atomic E-state index is 0.0791. The minimum Gasteiger partial charge on any atom is -0.361 e. The van der Waals surface area contributed by atoms with Gasteiger partial charge in [-0.2, -0.15) is 0 Å². The number of hydrogen-bond acceptors (Lipinski definition) is 5. The Bertz CT molecular complexity index is 799. The van der Waals surface area contributed by atoms with Crippen LogP contribution in [0.25, 0.3) is 0 Å². The van der Waals surface area contributed by atoms with E-state index >= 15 is 0 Å². The van der Waals surface area contributed by atoms with Gasteiger partial charge in [-0.25, -0.2) is 0 Å². The molecule has 6 nitrogen and oxygen atoms in total. The van der Waals surface area contributed by atoms with Crippen molar-refractivity contribution in [1.82, 2.24) is 15.4 Å². The number of thioether (sulfide) groups is 1. The highest BCUT2D eigenvalue weighted by Crippen LogP contribution is 2.28. The molecule has 0 radical (unpaired) electrons. The molecule has 0 atom stereocenters. The molecule has 0 unspecified atom stereocenters. The molecule has 1 aromatic carbocycles. The lowest BCUT2D eigenvalue weighted by atomic mass is 10.2. The van der Waals surface area contributed by atoms with Crippen molar-refractivity contribution in [2.24, 2.45) is 0 Å². The summed E-state index contributed by atoms with van der Waals surface area (Å²) in [5.41, 5.74) is 2.63. The van der Waals surface area contributed by atoms with Gasteiger partial charge in [0.2, 0.25) is 5.91 Å². The summed E-state index contributed by atoms with van der Waals surface area (Å²) in [5.74, 6) is 1.67. The van der Waals surface area contributed by atoms with Crippen LogP contribution in [-0.2, 0) is 10.5 Å². The Morgan fingerprint density at radius 3 is 2.85 bits per heavy atom. The minimum atomic E-state index is -0.0791. The quantitative estimate of drug-likeness (QED) is 0.555. The predicted octanol–water partition coefficient (Wildman–Crippen LogP) is 3.33. The van der Waals surface area contributed by atoms with Crippen LogP contribution in [0.2, 0.25) is 0 Å². The molecule has 0 saturated carbocycles. The Morgan fingerprint density at radius 2 is 2.15 bits per heavy atom. The van der Waals surface area contributed by atoms with Crippen LogP contribution in [-0.4, -0.2) is 41.5 Å². The zero-order chi connectivity index (χ0) is 19.2. The average molecular weight is 388 g/mol. The van der Waals surface area contributed by atoms with Crippen LogP contribution in [0, 0.1) is 13.8 Å². The predicted molar refractivity (Wildman–Crippen MR) is 105 cm³/mol. The number of carbonyl (C=O) groups is 2. The molecule has 0 spiro atoms. The number of carbonyl (C=O) groups excluding carboxylic acids is 2. The van der Waals surface area contributed by atoms with Gasteiger partial charge in [0.05, 0.1) is 11.3 Å². The Kier molecular flexibility index (Phi) is 6.55. The lowest BCUT2D eigenvalue weighted by Crippen LogP contribution is -2.30. The normalized spacial score (nSPS) is 14.0. The van der Waals surface area contributed by atoms with E-state index < -0.39 is 0 Å². The Balaban J connectivity index is 1.53. The first kappa shape index (κ1) is 19.5. The number of nitrogens with one attached hydrogen (secondary N) is 1. The van der Waals surface area contributed by atoms with Gasteiger partial charge in [-0.15, -0.1) is 11.8 Å². The second-order valence-electron chi connectivity index (χ2n) is 6.68. The van der Waals surface area contributed by atoms with Crippen LogP contribution in [0.1, 0.15) is 46.6 Å². The number of aromatic nitrogens is 1. The lowest BCUT2D eigenvalue weighted by Gasteiger charge is -2.15. The molecule has 27 heavy (non-hydrogen) atoms. The SMILES string of the molecule is Cc1noc(C)c1CSc1ccccc1C(=O)NCCCN1CCCC1=O. The summed E-state index contributed by atoms with van der Waals surface area (Å²) < 4.78 is 5.21. The monoisotopic (exact) mass is 387 g/mol. The first-order chi connectivity index (χ1) is 13.1. The molecule has 7 heteroatoms. The van der Waals surface area contributed by atoms with Crippen LogP contribution in [0.5, 0.6) is 0 Å². The van der Waals surface area contributed by atoms with Crippen molar-refractivity contribution < 1.29 is 14.1 Å². The van der Waals surface area contributed by atoms with Crippen molar-refractivity contribution in [3.8, 4) is 0 Å². The highest BCUT2D eigenvalue weighted by Gasteiger charge is 2.19. The third-order valence-electron chi connectivity index (χ3n) is 4.75. The van der Waals surface area contributed by atoms with Crippen molar-refractivity contribution in [3.05, 3.63) is 46.8 Å². The maximum absolute atomic E-state index is 12.6. The molecule has 1 fully saturated rings. The van der Waals surface area contributed by atoms with Gasteiger partial charge >= 0.3 is 0 Å². The number of likely N-dealkylation sites (tertiary alicyclic amines) is 1. The number of benzene rings is 1. The molecular weight excluding hydrogens is 362 g/mol. The third-order valence-corrected chi connectivity index (χ3v) is 5.85. The molecule has 2 heterocycles. The first-order valence-electron chi connectivity index (χ1n) is 9.26. The van der Waals surface area contributed by atoms with Gasteiger partial charge in [-0.05, 0) is 38.8 Å². The summed E-state index contributed by atoms with van der Waals surface area (Å²) in [6, 6.07) is 7.61. The van der Waals surface area contributed by atoms with E-state index in [9.17, 15) is 9.59 Å². The third kappa shape index (κ3) is 4.91. The standard InChI is InChI=1S/C20H25N3O3S/c1-14-17(15(2)26-22-14)13-27-18-8-4-3-7-16(18)20(25)21-10-6-12-23-11-5-9-19(23)24/h3-4,7-8H,5-6,9-13H2,1-2H3,(H,21,25). The van der Waals surface area contributed by atoms with Crippen LogP contribution < -0.4 is 5.32 Å². The van der Waals surface area contributed by atoms with E-state index in [0.29, 0.717) is 30.8 Å². The molecular formula is C20H25N3O3S. The molecule has 3 rings (SSSR count). The van der Waals surface area contributed by atoms with Crippen molar-refractivity contribution in [2.75, 3.05) is 19.6 Å². The van der Waals surface area contributed by atoms with Crippen molar-refractivity contribution in [2.45, 2.75) is 43.8 Å². The van der Waals surface area contributed by atoms with E-state index in [-0.39, 0.29) is 11.8 Å². The van der Waals surface area contributed by atoms with Crippen molar-refractivity contribution >= 4 is 23.6 Å². The second-order valence-corrected chi connectivity index (χ2v) is 7.70. The fraction of sp³-hybridized carbons (Fsp3) is 0.450.